The summed E-state index contributed by atoms with van der Waals surface area (Å²) in [6, 6.07) is 1.68. The van der Waals surface area contributed by atoms with E-state index in [9.17, 15) is 8.78 Å². The normalized spacial score (nSPS) is 25.4. The van der Waals surface area contributed by atoms with Crippen molar-refractivity contribution in [2.75, 3.05) is 6.61 Å². The highest BCUT2D eigenvalue weighted by Crippen LogP contribution is 2.36. The second-order valence-corrected chi connectivity index (χ2v) is 3.62. The van der Waals surface area contributed by atoms with Gasteiger partial charge in [0.15, 0.2) is 11.6 Å². The lowest BCUT2D eigenvalue weighted by atomic mass is 9.93. The molecule has 1 aliphatic rings. The van der Waals surface area contributed by atoms with E-state index in [1.54, 1.807) is 0 Å². The van der Waals surface area contributed by atoms with E-state index in [0.717, 1.165) is 6.07 Å². The third-order valence-corrected chi connectivity index (χ3v) is 2.50. The largest absolute Gasteiger partial charge is 0.490 e. The van der Waals surface area contributed by atoms with Gasteiger partial charge in [0.1, 0.15) is 5.82 Å². The van der Waals surface area contributed by atoms with Gasteiger partial charge in [-0.2, -0.15) is 0 Å². The summed E-state index contributed by atoms with van der Waals surface area (Å²) in [7, 11) is 0. The molecule has 0 bridgehead atoms. The van der Waals surface area contributed by atoms with Gasteiger partial charge >= 0.3 is 0 Å². The van der Waals surface area contributed by atoms with Crippen LogP contribution in [0.5, 0.6) is 5.75 Å². The summed E-state index contributed by atoms with van der Waals surface area (Å²) in [5.41, 5.74) is 6.23. The standard InChI is InChI=1S/C10H11F2NO/c1-5-4-14-10-7(9(5)13)2-6(11)3-8(10)12/h2-3,5,9H,4,13H2,1H3. The molecule has 76 valence electrons. The Kier molecular flexibility index (Phi) is 2.15. The second-order valence-electron chi connectivity index (χ2n) is 3.62. The summed E-state index contributed by atoms with van der Waals surface area (Å²) in [6.07, 6.45) is 0. The number of fused-ring (bicyclic) bond motifs is 1. The van der Waals surface area contributed by atoms with Crippen molar-refractivity contribution < 1.29 is 13.5 Å². The minimum atomic E-state index is -0.678. The molecule has 2 nitrogen and oxygen atoms in total. The summed E-state index contributed by atoms with van der Waals surface area (Å²) in [4.78, 5) is 0. The Bertz CT molecular complexity index is 367. The topological polar surface area (TPSA) is 35.2 Å². The molecule has 2 rings (SSSR count). The summed E-state index contributed by atoms with van der Waals surface area (Å²) >= 11 is 0. The van der Waals surface area contributed by atoms with Crippen LogP contribution in [0, 0.1) is 17.6 Å². The Labute approximate surface area is 80.7 Å². The maximum atomic E-state index is 13.2. The molecule has 0 radical (unpaired) electrons. The molecule has 0 amide bonds. The Hall–Kier alpha value is -1.16. The molecule has 1 aromatic rings. The van der Waals surface area contributed by atoms with E-state index < -0.39 is 11.6 Å². The van der Waals surface area contributed by atoms with E-state index >= 15 is 0 Å². The summed E-state index contributed by atoms with van der Waals surface area (Å²) in [5.74, 6) is -1.13. The van der Waals surface area contributed by atoms with Crippen LogP contribution in [0.15, 0.2) is 12.1 Å². The quantitative estimate of drug-likeness (QED) is 0.693. The van der Waals surface area contributed by atoms with Crippen molar-refractivity contribution in [2.24, 2.45) is 11.7 Å². The number of rotatable bonds is 0. The van der Waals surface area contributed by atoms with Gasteiger partial charge in [-0.1, -0.05) is 6.92 Å². The van der Waals surface area contributed by atoms with Crippen LogP contribution < -0.4 is 10.5 Å². The summed E-state index contributed by atoms with van der Waals surface area (Å²) < 4.78 is 31.3. The third kappa shape index (κ3) is 1.35. The number of benzene rings is 1. The number of nitrogens with two attached hydrogens (primary N) is 1. The van der Waals surface area contributed by atoms with Crippen LogP contribution in [0.3, 0.4) is 0 Å². The lowest BCUT2D eigenvalue weighted by Gasteiger charge is -2.28. The van der Waals surface area contributed by atoms with Crippen LogP contribution in [0.25, 0.3) is 0 Å². The van der Waals surface area contributed by atoms with Gasteiger partial charge in [0.05, 0.1) is 6.61 Å². The van der Waals surface area contributed by atoms with Crippen molar-refractivity contribution in [3.63, 3.8) is 0 Å². The highest BCUT2D eigenvalue weighted by Gasteiger charge is 2.27. The van der Waals surface area contributed by atoms with Crippen LogP contribution >= 0.6 is 0 Å². The maximum absolute atomic E-state index is 13.2. The zero-order chi connectivity index (χ0) is 10.3. The van der Waals surface area contributed by atoms with E-state index in [0.29, 0.717) is 12.2 Å². The van der Waals surface area contributed by atoms with Gasteiger partial charge in [0, 0.05) is 23.6 Å². The average molecular weight is 199 g/mol. The molecular formula is C10H11F2NO. The third-order valence-electron chi connectivity index (χ3n) is 2.50. The first kappa shape index (κ1) is 9.40. The minimum absolute atomic E-state index is 0.0729. The van der Waals surface area contributed by atoms with E-state index in [2.05, 4.69) is 0 Å². The predicted molar refractivity (Wildman–Crippen MR) is 47.9 cm³/mol. The van der Waals surface area contributed by atoms with Gasteiger partial charge in [-0.25, -0.2) is 8.78 Å². The molecule has 0 aliphatic carbocycles. The SMILES string of the molecule is CC1COc2c(F)cc(F)cc2C1N. The molecule has 1 aromatic carbocycles. The Morgan fingerprint density at radius 2 is 2.14 bits per heavy atom. The smallest absolute Gasteiger partial charge is 0.168 e. The van der Waals surface area contributed by atoms with Crippen molar-refractivity contribution in [2.45, 2.75) is 13.0 Å². The van der Waals surface area contributed by atoms with E-state index in [-0.39, 0.29) is 17.7 Å². The van der Waals surface area contributed by atoms with Crippen LogP contribution in [-0.4, -0.2) is 6.61 Å². The first-order valence-electron chi connectivity index (χ1n) is 4.47. The molecule has 0 spiro atoms. The lowest BCUT2D eigenvalue weighted by Crippen LogP contribution is -2.30. The molecule has 1 heterocycles. The zero-order valence-electron chi connectivity index (χ0n) is 7.76. The van der Waals surface area contributed by atoms with Gasteiger partial charge in [0.25, 0.3) is 0 Å². The zero-order valence-corrected chi connectivity index (χ0v) is 7.76. The second kappa shape index (κ2) is 3.20. The van der Waals surface area contributed by atoms with Gasteiger partial charge < -0.3 is 10.5 Å². The number of ether oxygens (including phenoxy) is 1. The average Bonchev–Trinajstić information content (AvgIpc) is 2.12. The first-order valence-corrected chi connectivity index (χ1v) is 4.47. The van der Waals surface area contributed by atoms with Crippen molar-refractivity contribution in [1.29, 1.82) is 0 Å². The van der Waals surface area contributed by atoms with Crippen molar-refractivity contribution in [3.05, 3.63) is 29.3 Å². The molecule has 2 N–H and O–H groups in total. The molecule has 0 saturated heterocycles. The molecule has 14 heavy (non-hydrogen) atoms. The number of hydrogen-bond donors (Lipinski definition) is 1. The number of halogens is 2. The van der Waals surface area contributed by atoms with Crippen LogP contribution in [0.4, 0.5) is 8.78 Å². The van der Waals surface area contributed by atoms with Crippen LogP contribution in [-0.2, 0) is 0 Å². The molecule has 0 saturated carbocycles. The monoisotopic (exact) mass is 199 g/mol. The predicted octanol–water partition coefficient (Wildman–Crippen LogP) is 1.99. The lowest BCUT2D eigenvalue weighted by molar-refractivity contribution is 0.197. The van der Waals surface area contributed by atoms with E-state index in [1.807, 2.05) is 6.92 Å². The molecule has 1 aliphatic heterocycles. The molecule has 0 aromatic heterocycles. The highest BCUT2D eigenvalue weighted by molar-refractivity contribution is 5.39. The maximum Gasteiger partial charge on any atom is 0.168 e. The Balaban J connectivity index is 2.54. The fourth-order valence-electron chi connectivity index (χ4n) is 1.61. The van der Waals surface area contributed by atoms with Gasteiger partial charge in [-0.05, 0) is 6.07 Å². The van der Waals surface area contributed by atoms with Crippen molar-refractivity contribution in [3.8, 4) is 5.75 Å². The molecule has 0 fully saturated rings. The molecular weight excluding hydrogens is 188 g/mol. The Morgan fingerprint density at radius 1 is 1.43 bits per heavy atom. The van der Waals surface area contributed by atoms with E-state index in [4.69, 9.17) is 10.5 Å². The summed E-state index contributed by atoms with van der Waals surface area (Å²) in [5, 5.41) is 0. The van der Waals surface area contributed by atoms with Gasteiger partial charge in [-0.15, -0.1) is 0 Å². The fourth-order valence-corrected chi connectivity index (χ4v) is 1.61. The van der Waals surface area contributed by atoms with Crippen LogP contribution in [0.1, 0.15) is 18.5 Å². The highest BCUT2D eigenvalue weighted by atomic mass is 19.1. The fraction of sp³-hybridized carbons (Fsp3) is 0.400. The molecule has 2 atom stereocenters. The van der Waals surface area contributed by atoms with E-state index in [1.165, 1.54) is 6.07 Å². The van der Waals surface area contributed by atoms with Gasteiger partial charge in [-0.3, -0.25) is 0 Å². The number of hydrogen-bond acceptors (Lipinski definition) is 2. The van der Waals surface area contributed by atoms with Crippen LogP contribution in [0.2, 0.25) is 0 Å². The minimum Gasteiger partial charge on any atom is -0.490 e. The summed E-state index contributed by atoms with van der Waals surface area (Å²) in [6.45, 7) is 2.26. The molecule has 2 unspecified atom stereocenters. The van der Waals surface area contributed by atoms with Crippen molar-refractivity contribution in [1.82, 2.24) is 0 Å². The molecule has 4 heteroatoms. The Morgan fingerprint density at radius 3 is 2.86 bits per heavy atom. The van der Waals surface area contributed by atoms with Crippen molar-refractivity contribution >= 4 is 0 Å². The van der Waals surface area contributed by atoms with Gasteiger partial charge in [0.2, 0.25) is 0 Å². The first-order chi connectivity index (χ1) is 6.59.